The molecule has 0 bridgehead atoms. The smallest absolute Gasteiger partial charge is 0.272 e. The molecule has 29 heavy (non-hydrogen) atoms. The van der Waals surface area contributed by atoms with E-state index in [1.165, 1.54) is 38.5 Å². The van der Waals surface area contributed by atoms with Crippen molar-refractivity contribution < 1.29 is 0 Å². The second-order valence-electron chi connectivity index (χ2n) is 7.95. The number of benzene rings is 2. The van der Waals surface area contributed by atoms with Gasteiger partial charge >= 0.3 is 0 Å². The van der Waals surface area contributed by atoms with E-state index in [1.807, 2.05) is 36.4 Å². The van der Waals surface area contributed by atoms with Gasteiger partial charge in [-0.15, -0.1) is 0 Å². The van der Waals surface area contributed by atoms with E-state index in [1.54, 1.807) is 0 Å². The van der Waals surface area contributed by atoms with Gasteiger partial charge in [-0.3, -0.25) is 4.79 Å². The Morgan fingerprint density at radius 3 is 2.59 bits per heavy atom. The molecule has 3 aromatic rings. The van der Waals surface area contributed by atoms with Crippen LogP contribution in [-0.2, 0) is 0 Å². The fourth-order valence-electron chi connectivity index (χ4n) is 4.21. The van der Waals surface area contributed by atoms with Crippen LogP contribution in [0.4, 0.5) is 5.69 Å². The Morgan fingerprint density at radius 1 is 0.931 bits per heavy atom. The third-order valence-electron chi connectivity index (χ3n) is 5.80. The molecule has 1 aliphatic rings. The molecule has 1 heterocycles. The van der Waals surface area contributed by atoms with E-state index in [2.05, 4.69) is 33.0 Å². The van der Waals surface area contributed by atoms with Crippen LogP contribution in [0, 0.1) is 0 Å². The summed E-state index contributed by atoms with van der Waals surface area (Å²) in [7, 11) is 0. The van der Waals surface area contributed by atoms with Crippen molar-refractivity contribution >= 4 is 16.5 Å². The van der Waals surface area contributed by atoms with E-state index in [0.29, 0.717) is 5.39 Å². The van der Waals surface area contributed by atoms with E-state index in [0.717, 1.165) is 47.9 Å². The van der Waals surface area contributed by atoms with Gasteiger partial charge in [-0.2, -0.15) is 5.10 Å². The number of nitrogens with zero attached hydrogens (tertiary/aromatic N) is 1. The highest BCUT2D eigenvalue weighted by molar-refractivity contribution is 5.94. The summed E-state index contributed by atoms with van der Waals surface area (Å²) in [6, 6.07) is 16.6. The molecule has 0 radical (unpaired) electrons. The summed E-state index contributed by atoms with van der Waals surface area (Å²) in [5, 5.41) is 15.7. The molecule has 1 aliphatic carbocycles. The van der Waals surface area contributed by atoms with Crippen molar-refractivity contribution in [2.75, 3.05) is 18.4 Å². The summed E-state index contributed by atoms with van der Waals surface area (Å²) in [6.07, 6.45) is 9.14. The summed E-state index contributed by atoms with van der Waals surface area (Å²) in [5.41, 5.74) is 2.75. The first-order chi connectivity index (χ1) is 14.3. The Bertz CT molecular complexity index is 991. The fourth-order valence-corrected chi connectivity index (χ4v) is 4.21. The molecule has 0 spiro atoms. The maximum absolute atomic E-state index is 12.0. The first-order valence-corrected chi connectivity index (χ1v) is 10.9. The van der Waals surface area contributed by atoms with Crippen molar-refractivity contribution in [1.82, 2.24) is 15.5 Å². The molecular weight excluding hydrogens is 360 g/mol. The van der Waals surface area contributed by atoms with Gasteiger partial charge in [0.05, 0.1) is 11.1 Å². The lowest BCUT2D eigenvalue weighted by Crippen LogP contribution is -2.26. The number of nitrogens with one attached hydrogen (secondary N) is 3. The molecule has 1 fully saturated rings. The number of aromatic nitrogens is 2. The quantitative estimate of drug-likeness (QED) is 0.463. The van der Waals surface area contributed by atoms with Gasteiger partial charge in [-0.1, -0.05) is 49.6 Å². The number of anilines is 1. The Balaban J connectivity index is 1.30. The standard InChI is InChI=1S/C24H30N4O/c29-24-22-14-5-4-13-21(22)23(27-28-24)18-9-8-12-20(17-18)26-16-7-1-6-15-25-19-10-2-3-11-19/h4-5,8-9,12-14,17,19,25-26H,1-3,6-7,10-11,15-16H2,(H,28,29). The second kappa shape index (κ2) is 9.70. The predicted molar refractivity (Wildman–Crippen MR) is 120 cm³/mol. The third kappa shape index (κ3) is 5.04. The highest BCUT2D eigenvalue weighted by atomic mass is 16.1. The molecule has 4 rings (SSSR count). The van der Waals surface area contributed by atoms with E-state index < -0.39 is 0 Å². The van der Waals surface area contributed by atoms with Crippen LogP contribution in [0.5, 0.6) is 0 Å². The number of hydrogen-bond donors (Lipinski definition) is 3. The molecule has 0 aliphatic heterocycles. The van der Waals surface area contributed by atoms with Gasteiger partial charge < -0.3 is 10.6 Å². The lowest BCUT2D eigenvalue weighted by molar-refractivity contribution is 0.505. The van der Waals surface area contributed by atoms with Crippen LogP contribution >= 0.6 is 0 Å². The average molecular weight is 391 g/mol. The molecule has 0 amide bonds. The van der Waals surface area contributed by atoms with Crippen molar-refractivity contribution in [3.8, 4) is 11.3 Å². The SMILES string of the molecule is O=c1[nH]nc(-c2cccc(NCCCCCNC3CCCC3)c2)c2ccccc12. The molecule has 0 unspecified atom stereocenters. The lowest BCUT2D eigenvalue weighted by Gasteiger charge is -2.12. The molecule has 0 atom stereocenters. The first kappa shape index (κ1) is 19.6. The lowest BCUT2D eigenvalue weighted by atomic mass is 10.0. The zero-order chi connectivity index (χ0) is 19.9. The fraction of sp³-hybridized carbons (Fsp3) is 0.417. The van der Waals surface area contributed by atoms with Crippen LogP contribution in [0.25, 0.3) is 22.0 Å². The van der Waals surface area contributed by atoms with E-state index >= 15 is 0 Å². The minimum Gasteiger partial charge on any atom is -0.385 e. The number of H-pyrrole nitrogens is 1. The number of hydrogen-bond acceptors (Lipinski definition) is 4. The van der Waals surface area contributed by atoms with Gasteiger partial charge in [-0.25, -0.2) is 5.10 Å². The molecule has 5 nitrogen and oxygen atoms in total. The van der Waals surface area contributed by atoms with Crippen LogP contribution in [0.1, 0.15) is 44.9 Å². The van der Waals surface area contributed by atoms with E-state index in [-0.39, 0.29) is 5.56 Å². The number of fused-ring (bicyclic) bond motifs is 1. The highest BCUT2D eigenvalue weighted by Gasteiger charge is 2.13. The summed E-state index contributed by atoms with van der Waals surface area (Å²) in [5.74, 6) is 0. The Hall–Kier alpha value is -2.66. The average Bonchev–Trinajstić information content (AvgIpc) is 3.27. The van der Waals surface area contributed by atoms with Crippen LogP contribution in [-0.4, -0.2) is 29.3 Å². The Labute approximate surface area is 171 Å². The van der Waals surface area contributed by atoms with E-state index in [9.17, 15) is 4.79 Å². The second-order valence-corrected chi connectivity index (χ2v) is 7.95. The van der Waals surface area contributed by atoms with Gasteiger partial charge in [0.2, 0.25) is 0 Å². The maximum atomic E-state index is 12.0. The maximum Gasteiger partial charge on any atom is 0.272 e. The molecular formula is C24H30N4O. The van der Waals surface area contributed by atoms with Crippen molar-refractivity contribution in [3.63, 3.8) is 0 Å². The van der Waals surface area contributed by atoms with Crippen molar-refractivity contribution in [1.29, 1.82) is 0 Å². The zero-order valence-electron chi connectivity index (χ0n) is 16.9. The summed E-state index contributed by atoms with van der Waals surface area (Å²) in [6.45, 7) is 2.11. The van der Waals surface area contributed by atoms with Crippen molar-refractivity contribution in [2.24, 2.45) is 0 Å². The molecule has 152 valence electrons. The van der Waals surface area contributed by atoms with Gasteiger partial charge in [0, 0.05) is 29.2 Å². The van der Waals surface area contributed by atoms with Crippen LogP contribution in [0.3, 0.4) is 0 Å². The van der Waals surface area contributed by atoms with Gasteiger partial charge in [0.25, 0.3) is 5.56 Å². The van der Waals surface area contributed by atoms with Gasteiger partial charge in [0.1, 0.15) is 0 Å². The van der Waals surface area contributed by atoms with E-state index in [4.69, 9.17) is 0 Å². The van der Waals surface area contributed by atoms with Crippen LogP contribution in [0.15, 0.2) is 53.3 Å². The molecule has 5 heteroatoms. The van der Waals surface area contributed by atoms with Crippen LogP contribution < -0.4 is 16.2 Å². The molecule has 3 N–H and O–H groups in total. The number of unbranched alkanes of at least 4 members (excludes halogenated alkanes) is 2. The summed E-state index contributed by atoms with van der Waals surface area (Å²) >= 11 is 0. The molecule has 1 saturated carbocycles. The topological polar surface area (TPSA) is 69.8 Å². The highest BCUT2D eigenvalue weighted by Crippen LogP contribution is 2.26. The van der Waals surface area contributed by atoms with Crippen molar-refractivity contribution in [2.45, 2.75) is 51.0 Å². The van der Waals surface area contributed by atoms with Gasteiger partial charge in [-0.05, 0) is 50.4 Å². The largest absolute Gasteiger partial charge is 0.385 e. The van der Waals surface area contributed by atoms with Crippen molar-refractivity contribution in [3.05, 3.63) is 58.9 Å². The molecule has 1 aromatic heterocycles. The normalized spacial score (nSPS) is 14.5. The number of rotatable bonds is 9. The third-order valence-corrected chi connectivity index (χ3v) is 5.80. The summed E-state index contributed by atoms with van der Waals surface area (Å²) in [4.78, 5) is 12.0. The first-order valence-electron chi connectivity index (χ1n) is 10.9. The summed E-state index contributed by atoms with van der Waals surface area (Å²) < 4.78 is 0. The minimum atomic E-state index is -0.152. The minimum absolute atomic E-state index is 0.152. The predicted octanol–water partition coefficient (Wildman–Crippen LogP) is 4.70. The number of aromatic amines is 1. The Kier molecular flexibility index (Phi) is 6.57. The molecule has 0 saturated heterocycles. The zero-order valence-corrected chi connectivity index (χ0v) is 16.9. The van der Waals surface area contributed by atoms with Crippen LogP contribution in [0.2, 0.25) is 0 Å². The Morgan fingerprint density at radius 2 is 1.72 bits per heavy atom. The van der Waals surface area contributed by atoms with Gasteiger partial charge in [0.15, 0.2) is 0 Å². The molecule has 2 aromatic carbocycles. The monoisotopic (exact) mass is 390 g/mol.